The lowest BCUT2D eigenvalue weighted by atomic mass is 10.1. The largest absolute Gasteiger partial charge is 0.349 e. The second kappa shape index (κ2) is 6.13. The van der Waals surface area contributed by atoms with E-state index in [1.807, 2.05) is 25.1 Å². The topological polar surface area (TPSA) is 29.1 Å². The van der Waals surface area contributed by atoms with E-state index in [-0.39, 0.29) is 5.91 Å². The number of aryl methyl sites for hydroxylation is 1. The van der Waals surface area contributed by atoms with Gasteiger partial charge in [0.1, 0.15) is 0 Å². The van der Waals surface area contributed by atoms with Gasteiger partial charge in [-0.25, -0.2) is 0 Å². The van der Waals surface area contributed by atoms with Crippen LogP contribution < -0.4 is 5.32 Å². The average Bonchev–Trinajstić information content (AvgIpc) is 2.28. The highest BCUT2D eigenvalue weighted by atomic mass is 35.5. The fourth-order valence-electron chi connectivity index (χ4n) is 1.12. The summed E-state index contributed by atoms with van der Waals surface area (Å²) in [6.07, 6.45) is 4.84. The molecule has 1 aromatic carbocycles. The van der Waals surface area contributed by atoms with Crippen LogP contribution in [0.4, 0.5) is 0 Å². The molecule has 0 heterocycles. The third-order valence-corrected chi connectivity index (χ3v) is 2.45. The molecule has 0 fully saturated rings. The molecule has 0 spiro atoms. The zero-order valence-corrected chi connectivity index (χ0v) is 9.92. The van der Waals surface area contributed by atoms with Crippen molar-refractivity contribution in [1.82, 2.24) is 5.32 Å². The monoisotopic (exact) mass is 235 g/mol. The molecular formula is C13H14ClNO. The van der Waals surface area contributed by atoms with Gasteiger partial charge < -0.3 is 5.32 Å². The van der Waals surface area contributed by atoms with Gasteiger partial charge in [0, 0.05) is 17.6 Å². The van der Waals surface area contributed by atoms with Crippen molar-refractivity contribution < 1.29 is 4.79 Å². The van der Waals surface area contributed by atoms with Crippen LogP contribution in [0, 0.1) is 6.92 Å². The number of benzene rings is 1. The van der Waals surface area contributed by atoms with E-state index in [1.165, 1.54) is 6.08 Å². The van der Waals surface area contributed by atoms with Gasteiger partial charge in [-0.2, -0.15) is 0 Å². The third-order valence-electron chi connectivity index (χ3n) is 2.04. The molecule has 0 bridgehead atoms. The number of carbonyl (C=O) groups excluding carboxylic acids is 1. The maximum Gasteiger partial charge on any atom is 0.244 e. The Morgan fingerprint density at radius 2 is 2.31 bits per heavy atom. The van der Waals surface area contributed by atoms with E-state index in [0.717, 1.165) is 11.1 Å². The SMILES string of the molecule is C=CCNC(=O)/C=C/c1ccc(C)c(Cl)c1. The summed E-state index contributed by atoms with van der Waals surface area (Å²) in [7, 11) is 0. The summed E-state index contributed by atoms with van der Waals surface area (Å²) >= 11 is 5.97. The second-order valence-electron chi connectivity index (χ2n) is 3.38. The Bertz CT molecular complexity index is 424. The van der Waals surface area contributed by atoms with Crippen molar-refractivity contribution in [2.75, 3.05) is 6.54 Å². The molecule has 1 rings (SSSR count). The first-order chi connectivity index (χ1) is 7.63. The van der Waals surface area contributed by atoms with Crippen LogP contribution >= 0.6 is 11.6 Å². The van der Waals surface area contributed by atoms with E-state index >= 15 is 0 Å². The highest BCUT2D eigenvalue weighted by molar-refractivity contribution is 6.31. The average molecular weight is 236 g/mol. The molecule has 16 heavy (non-hydrogen) atoms. The van der Waals surface area contributed by atoms with E-state index in [4.69, 9.17) is 11.6 Å². The number of hydrogen-bond acceptors (Lipinski definition) is 1. The summed E-state index contributed by atoms with van der Waals surface area (Å²) in [4.78, 5) is 11.2. The molecule has 0 aliphatic carbocycles. The standard InChI is InChI=1S/C13H14ClNO/c1-3-8-15-13(16)7-6-11-5-4-10(2)12(14)9-11/h3-7,9H,1,8H2,2H3,(H,15,16)/b7-6+. The molecular weight excluding hydrogens is 222 g/mol. The van der Waals surface area contributed by atoms with Gasteiger partial charge in [-0.1, -0.05) is 29.8 Å². The molecule has 1 N–H and O–H groups in total. The number of rotatable bonds is 4. The van der Waals surface area contributed by atoms with Gasteiger partial charge in [0.2, 0.25) is 5.91 Å². The van der Waals surface area contributed by atoms with Crippen LogP contribution in [-0.4, -0.2) is 12.5 Å². The zero-order valence-electron chi connectivity index (χ0n) is 9.16. The smallest absolute Gasteiger partial charge is 0.244 e. The summed E-state index contributed by atoms with van der Waals surface area (Å²) in [6, 6.07) is 5.66. The molecule has 0 saturated carbocycles. The fourth-order valence-corrected chi connectivity index (χ4v) is 1.31. The molecule has 0 atom stereocenters. The summed E-state index contributed by atoms with van der Waals surface area (Å²) in [5.74, 6) is -0.142. The van der Waals surface area contributed by atoms with Gasteiger partial charge in [0.25, 0.3) is 0 Å². The van der Waals surface area contributed by atoms with Crippen molar-refractivity contribution in [3.05, 3.63) is 53.1 Å². The van der Waals surface area contributed by atoms with E-state index in [9.17, 15) is 4.79 Å². The van der Waals surface area contributed by atoms with Gasteiger partial charge >= 0.3 is 0 Å². The number of hydrogen-bond donors (Lipinski definition) is 1. The second-order valence-corrected chi connectivity index (χ2v) is 3.78. The van der Waals surface area contributed by atoms with Gasteiger partial charge in [-0.15, -0.1) is 6.58 Å². The lowest BCUT2D eigenvalue weighted by Gasteiger charge is -1.99. The van der Waals surface area contributed by atoms with Crippen LogP contribution in [0.3, 0.4) is 0 Å². The zero-order chi connectivity index (χ0) is 12.0. The predicted octanol–water partition coefficient (Wildman–Crippen LogP) is 2.96. The number of nitrogens with one attached hydrogen (secondary N) is 1. The molecule has 3 heteroatoms. The number of amides is 1. The lowest BCUT2D eigenvalue weighted by molar-refractivity contribution is -0.116. The molecule has 1 aromatic rings. The molecule has 0 aliphatic rings. The first kappa shape index (κ1) is 12.5. The lowest BCUT2D eigenvalue weighted by Crippen LogP contribution is -2.20. The van der Waals surface area contributed by atoms with E-state index < -0.39 is 0 Å². The Labute approximate surface area is 101 Å². The summed E-state index contributed by atoms with van der Waals surface area (Å²) in [6.45, 7) is 5.92. The van der Waals surface area contributed by atoms with Crippen LogP contribution in [0.25, 0.3) is 6.08 Å². The fraction of sp³-hybridized carbons (Fsp3) is 0.154. The molecule has 0 unspecified atom stereocenters. The van der Waals surface area contributed by atoms with Gasteiger partial charge in [-0.3, -0.25) is 4.79 Å². The summed E-state index contributed by atoms with van der Waals surface area (Å²) in [5.41, 5.74) is 1.93. The first-order valence-corrected chi connectivity index (χ1v) is 5.34. The third kappa shape index (κ3) is 3.91. The minimum Gasteiger partial charge on any atom is -0.349 e. The van der Waals surface area contributed by atoms with Crippen LogP contribution in [-0.2, 0) is 4.79 Å². The minimum atomic E-state index is -0.142. The maximum atomic E-state index is 11.2. The van der Waals surface area contributed by atoms with Crippen LogP contribution in [0.15, 0.2) is 36.9 Å². The predicted molar refractivity (Wildman–Crippen MR) is 68.4 cm³/mol. The highest BCUT2D eigenvalue weighted by Crippen LogP contribution is 2.17. The quantitative estimate of drug-likeness (QED) is 0.631. The van der Waals surface area contributed by atoms with Gasteiger partial charge in [-0.05, 0) is 30.2 Å². The van der Waals surface area contributed by atoms with Crippen LogP contribution in [0.5, 0.6) is 0 Å². The Hall–Kier alpha value is -1.54. The van der Waals surface area contributed by atoms with Crippen molar-refractivity contribution in [3.8, 4) is 0 Å². The molecule has 0 aliphatic heterocycles. The van der Waals surface area contributed by atoms with E-state index in [1.54, 1.807) is 12.2 Å². The molecule has 0 saturated heterocycles. The van der Waals surface area contributed by atoms with E-state index in [2.05, 4.69) is 11.9 Å². The van der Waals surface area contributed by atoms with Crippen molar-refractivity contribution >= 4 is 23.6 Å². The number of halogens is 1. The van der Waals surface area contributed by atoms with Crippen LogP contribution in [0.1, 0.15) is 11.1 Å². The first-order valence-electron chi connectivity index (χ1n) is 4.96. The summed E-state index contributed by atoms with van der Waals surface area (Å²) in [5, 5.41) is 3.35. The molecule has 0 radical (unpaired) electrons. The maximum absolute atomic E-state index is 11.2. The van der Waals surface area contributed by atoms with Crippen molar-refractivity contribution in [1.29, 1.82) is 0 Å². The Morgan fingerprint density at radius 1 is 1.56 bits per heavy atom. The Balaban J connectivity index is 2.65. The van der Waals surface area contributed by atoms with Crippen LogP contribution in [0.2, 0.25) is 5.02 Å². The van der Waals surface area contributed by atoms with Crippen molar-refractivity contribution in [2.45, 2.75) is 6.92 Å². The molecule has 0 aromatic heterocycles. The Kier molecular flexibility index (Phi) is 4.80. The normalized spacial score (nSPS) is 10.4. The highest BCUT2D eigenvalue weighted by Gasteiger charge is 1.96. The molecule has 2 nitrogen and oxygen atoms in total. The summed E-state index contributed by atoms with van der Waals surface area (Å²) < 4.78 is 0. The van der Waals surface area contributed by atoms with Crippen molar-refractivity contribution in [2.24, 2.45) is 0 Å². The Morgan fingerprint density at radius 3 is 2.94 bits per heavy atom. The van der Waals surface area contributed by atoms with Crippen molar-refractivity contribution in [3.63, 3.8) is 0 Å². The van der Waals surface area contributed by atoms with Gasteiger partial charge in [0.05, 0.1) is 0 Å². The van der Waals surface area contributed by atoms with E-state index in [0.29, 0.717) is 11.6 Å². The number of carbonyl (C=O) groups is 1. The molecule has 84 valence electrons. The minimum absolute atomic E-state index is 0.142. The molecule has 1 amide bonds. The van der Waals surface area contributed by atoms with Gasteiger partial charge in [0.15, 0.2) is 0 Å².